The number of hydrogen-bond donors (Lipinski definition) is 1. The van der Waals surface area contributed by atoms with E-state index in [1.54, 1.807) is 0 Å². The summed E-state index contributed by atoms with van der Waals surface area (Å²) in [6.07, 6.45) is 0. The summed E-state index contributed by atoms with van der Waals surface area (Å²) >= 11 is 0.779. The van der Waals surface area contributed by atoms with Crippen LogP contribution >= 0.6 is 0 Å². The molecule has 0 spiro atoms. The van der Waals surface area contributed by atoms with E-state index in [2.05, 4.69) is 35.6 Å². The van der Waals surface area contributed by atoms with Crippen molar-refractivity contribution in [2.24, 2.45) is 0 Å². The van der Waals surface area contributed by atoms with E-state index < -0.39 is 0 Å². The van der Waals surface area contributed by atoms with Gasteiger partial charge < -0.3 is 0 Å². The molecule has 1 fully saturated rings. The summed E-state index contributed by atoms with van der Waals surface area (Å²) in [5.74, 6) is 0. The molecule has 1 aliphatic heterocycles. The maximum absolute atomic E-state index is 3.50. The second kappa shape index (κ2) is 3.40. The number of nitrogens with one attached hydrogen (secondary N) is 1. The molecule has 2 heteroatoms. The molecule has 0 radical (unpaired) electrons. The van der Waals surface area contributed by atoms with Crippen molar-refractivity contribution < 1.29 is 0 Å². The third-order valence-electron chi connectivity index (χ3n) is 1.82. The Hall–Kier alpha value is -0.301. The van der Waals surface area contributed by atoms with Gasteiger partial charge in [-0.3, -0.25) is 0 Å². The molecule has 0 saturated carbocycles. The Morgan fingerprint density at radius 1 is 1.27 bits per heavy atom. The molecule has 1 unspecified atom stereocenters. The van der Waals surface area contributed by atoms with E-state index in [1.165, 1.54) is 17.4 Å². The summed E-state index contributed by atoms with van der Waals surface area (Å²) in [6.45, 7) is 1.21. The van der Waals surface area contributed by atoms with Crippen LogP contribution in [0.4, 0.5) is 0 Å². The van der Waals surface area contributed by atoms with E-state index >= 15 is 0 Å². The molecule has 1 aromatic carbocycles. The summed E-state index contributed by atoms with van der Waals surface area (Å²) < 4.78 is 0. The Bertz CT molecular complexity index is 216. The van der Waals surface area contributed by atoms with Gasteiger partial charge >= 0.3 is 73.0 Å². The quantitative estimate of drug-likeness (QED) is 0.694. The van der Waals surface area contributed by atoms with Gasteiger partial charge in [0.05, 0.1) is 0 Å². The second-order valence-electron chi connectivity index (χ2n) is 2.62. The monoisotopic (exact) mass is 213 g/mol. The van der Waals surface area contributed by atoms with Crippen molar-refractivity contribution in [2.45, 2.75) is 10.3 Å². The molecule has 1 aromatic rings. The molecule has 0 aliphatic carbocycles. The molecule has 0 aromatic heterocycles. The fraction of sp³-hybridized carbons (Fsp3) is 0.333. The van der Waals surface area contributed by atoms with Gasteiger partial charge in [0.25, 0.3) is 0 Å². The molecule has 1 atom stereocenters. The van der Waals surface area contributed by atoms with Crippen LogP contribution in [0.5, 0.6) is 0 Å². The first-order valence-corrected chi connectivity index (χ1v) is 6.07. The molecule has 0 amide bonds. The molecular weight excluding hydrogens is 201 g/mol. The standard InChI is InChI=1S/C9H11NSe/c1-2-4-8(5-3-1)9-10-6-7-11-9/h1-5,9-10H,6-7H2. The zero-order valence-electron chi connectivity index (χ0n) is 6.29. The Kier molecular flexibility index (Phi) is 2.27. The van der Waals surface area contributed by atoms with Crippen molar-refractivity contribution in [3.05, 3.63) is 35.9 Å². The summed E-state index contributed by atoms with van der Waals surface area (Å²) in [7, 11) is 0. The van der Waals surface area contributed by atoms with Crippen LogP contribution in [0.25, 0.3) is 0 Å². The zero-order valence-corrected chi connectivity index (χ0v) is 8.00. The fourth-order valence-electron chi connectivity index (χ4n) is 1.27. The number of benzene rings is 1. The van der Waals surface area contributed by atoms with E-state index in [9.17, 15) is 0 Å². The molecule has 58 valence electrons. The van der Waals surface area contributed by atoms with E-state index in [-0.39, 0.29) is 0 Å². The van der Waals surface area contributed by atoms with Crippen molar-refractivity contribution in [1.82, 2.24) is 5.32 Å². The minimum atomic E-state index is 0.684. The number of hydrogen-bond acceptors (Lipinski definition) is 1. The molecule has 1 heterocycles. The van der Waals surface area contributed by atoms with Crippen molar-refractivity contribution in [3.63, 3.8) is 0 Å². The van der Waals surface area contributed by atoms with Gasteiger partial charge in [-0.15, -0.1) is 0 Å². The third-order valence-corrected chi connectivity index (χ3v) is 4.36. The predicted molar refractivity (Wildman–Crippen MR) is 47.7 cm³/mol. The summed E-state index contributed by atoms with van der Waals surface area (Å²) in [5.41, 5.74) is 1.46. The van der Waals surface area contributed by atoms with Crippen molar-refractivity contribution in [1.29, 1.82) is 0 Å². The topological polar surface area (TPSA) is 12.0 Å². The van der Waals surface area contributed by atoms with Gasteiger partial charge in [-0.1, -0.05) is 0 Å². The minimum absolute atomic E-state index is 0.684. The molecule has 0 bridgehead atoms. The van der Waals surface area contributed by atoms with Crippen LogP contribution < -0.4 is 5.32 Å². The second-order valence-corrected chi connectivity index (χ2v) is 5.16. The van der Waals surface area contributed by atoms with Gasteiger partial charge in [0.15, 0.2) is 0 Å². The Morgan fingerprint density at radius 2 is 2.09 bits per heavy atom. The fourth-order valence-corrected chi connectivity index (χ4v) is 3.48. The van der Waals surface area contributed by atoms with Crippen LogP contribution in [0.2, 0.25) is 5.32 Å². The van der Waals surface area contributed by atoms with Crippen LogP contribution in [-0.2, 0) is 0 Å². The van der Waals surface area contributed by atoms with E-state index in [0.717, 1.165) is 15.0 Å². The van der Waals surface area contributed by atoms with Crippen LogP contribution in [0.3, 0.4) is 0 Å². The first-order chi connectivity index (χ1) is 5.47. The average Bonchev–Trinajstić information content (AvgIpc) is 2.58. The molecule has 1 saturated heterocycles. The van der Waals surface area contributed by atoms with Crippen LogP contribution in [-0.4, -0.2) is 21.5 Å². The van der Waals surface area contributed by atoms with Gasteiger partial charge in [0.2, 0.25) is 0 Å². The van der Waals surface area contributed by atoms with Gasteiger partial charge in [-0.05, 0) is 0 Å². The Morgan fingerprint density at radius 3 is 2.73 bits per heavy atom. The first-order valence-electron chi connectivity index (χ1n) is 3.87. The third kappa shape index (κ3) is 1.64. The van der Waals surface area contributed by atoms with E-state index in [4.69, 9.17) is 0 Å². The van der Waals surface area contributed by atoms with Crippen LogP contribution in [0, 0.1) is 0 Å². The molecular formula is C9H11NSe. The van der Waals surface area contributed by atoms with Crippen molar-refractivity contribution >= 4 is 15.0 Å². The normalized spacial score (nSPS) is 23.8. The summed E-state index contributed by atoms with van der Waals surface area (Å²) in [5, 5.41) is 4.88. The van der Waals surface area contributed by atoms with Crippen LogP contribution in [0.15, 0.2) is 30.3 Å². The van der Waals surface area contributed by atoms with Crippen molar-refractivity contribution in [2.75, 3.05) is 6.54 Å². The maximum atomic E-state index is 3.50. The Labute approximate surface area is 73.4 Å². The van der Waals surface area contributed by atoms with Gasteiger partial charge in [-0.2, -0.15) is 0 Å². The van der Waals surface area contributed by atoms with Gasteiger partial charge in [0, 0.05) is 0 Å². The SMILES string of the molecule is c1ccc(C2NCC[Se]2)cc1. The van der Waals surface area contributed by atoms with Crippen LogP contribution in [0.1, 0.15) is 10.5 Å². The molecule has 1 N–H and O–H groups in total. The predicted octanol–water partition coefficient (Wildman–Crippen LogP) is 1.41. The molecule has 11 heavy (non-hydrogen) atoms. The molecule has 1 aliphatic rings. The first kappa shape index (κ1) is 7.35. The van der Waals surface area contributed by atoms with E-state index in [1.807, 2.05) is 0 Å². The zero-order chi connectivity index (χ0) is 7.52. The summed E-state index contributed by atoms with van der Waals surface area (Å²) in [6, 6.07) is 10.7. The molecule has 1 nitrogen and oxygen atoms in total. The van der Waals surface area contributed by atoms with E-state index in [0.29, 0.717) is 4.94 Å². The Balaban J connectivity index is 2.16. The average molecular weight is 212 g/mol. The number of rotatable bonds is 1. The van der Waals surface area contributed by atoms with Gasteiger partial charge in [-0.25, -0.2) is 0 Å². The molecule has 2 rings (SSSR count). The summed E-state index contributed by atoms with van der Waals surface area (Å²) in [4.78, 5) is 0.684. The van der Waals surface area contributed by atoms with Gasteiger partial charge in [0.1, 0.15) is 0 Å². The van der Waals surface area contributed by atoms with Crippen molar-refractivity contribution in [3.8, 4) is 0 Å².